The average molecular weight is 216 g/mol. The lowest BCUT2D eigenvalue weighted by atomic mass is 10.1. The molecule has 0 aliphatic heterocycles. The summed E-state index contributed by atoms with van der Waals surface area (Å²) >= 11 is 0. The number of aldehydes is 1. The molecule has 0 aliphatic carbocycles. The molecule has 2 nitrogen and oxygen atoms in total. The Labute approximate surface area is 96.6 Å². The van der Waals surface area contributed by atoms with Crippen LogP contribution in [-0.2, 0) is 0 Å². The Balaban J connectivity index is 2.93. The van der Waals surface area contributed by atoms with Gasteiger partial charge in [0.2, 0.25) is 0 Å². The zero-order valence-corrected chi connectivity index (χ0v) is 9.75. The minimum Gasteiger partial charge on any atom is -0.495 e. The molecule has 0 spiro atoms. The van der Waals surface area contributed by atoms with Gasteiger partial charge in [-0.15, -0.1) is 0 Å². The number of ether oxygens (including phenoxy) is 1. The Kier molecular flexibility index (Phi) is 5.15. The third kappa shape index (κ3) is 3.13. The molecule has 0 N–H and O–H groups in total. The van der Waals surface area contributed by atoms with Crippen molar-refractivity contribution < 1.29 is 9.53 Å². The number of benzene rings is 1. The van der Waals surface area contributed by atoms with Gasteiger partial charge in [0.1, 0.15) is 5.75 Å². The van der Waals surface area contributed by atoms with E-state index in [1.165, 1.54) is 0 Å². The Morgan fingerprint density at radius 2 is 2.25 bits per heavy atom. The molecule has 0 unspecified atom stereocenters. The summed E-state index contributed by atoms with van der Waals surface area (Å²) in [5, 5.41) is 0. The van der Waals surface area contributed by atoms with Crippen LogP contribution in [0.5, 0.6) is 5.75 Å². The molecule has 1 aromatic rings. The van der Waals surface area contributed by atoms with Gasteiger partial charge in [0, 0.05) is 6.42 Å². The molecule has 0 amide bonds. The molecule has 1 aromatic carbocycles. The van der Waals surface area contributed by atoms with Crippen molar-refractivity contribution in [2.24, 2.45) is 0 Å². The predicted octanol–water partition coefficient (Wildman–Crippen LogP) is 3.05. The Hall–Kier alpha value is -1.75. The number of unbranched alkanes of at least 4 members (excludes halogenated alkanes) is 2. The first-order valence-electron chi connectivity index (χ1n) is 5.44. The van der Waals surface area contributed by atoms with Crippen LogP contribution >= 0.6 is 0 Å². The van der Waals surface area contributed by atoms with Crippen LogP contribution in [-0.4, -0.2) is 13.4 Å². The van der Waals surface area contributed by atoms with Crippen LogP contribution in [0, 0.1) is 11.8 Å². The van der Waals surface area contributed by atoms with Gasteiger partial charge >= 0.3 is 0 Å². The molecule has 84 valence electrons. The van der Waals surface area contributed by atoms with Crippen LogP contribution < -0.4 is 4.74 Å². The molecule has 1 rings (SSSR count). The Bertz CT molecular complexity index is 410. The summed E-state index contributed by atoms with van der Waals surface area (Å²) in [5.74, 6) is 6.69. The predicted molar refractivity (Wildman–Crippen MR) is 64.8 cm³/mol. The zero-order chi connectivity index (χ0) is 11.8. The summed E-state index contributed by atoms with van der Waals surface area (Å²) in [6.07, 6.45) is 3.91. The van der Waals surface area contributed by atoms with E-state index in [-0.39, 0.29) is 0 Å². The van der Waals surface area contributed by atoms with Crippen LogP contribution in [0.4, 0.5) is 0 Å². The van der Waals surface area contributed by atoms with Crippen LogP contribution in [0.15, 0.2) is 18.2 Å². The molecule has 0 aromatic heterocycles. The van der Waals surface area contributed by atoms with Crippen LogP contribution in [0.2, 0.25) is 0 Å². The van der Waals surface area contributed by atoms with Crippen molar-refractivity contribution >= 4 is 6.29 Å². The molecule has 0 atom stereocenters. The van der Waals surface area contributed by atoms with E-state index in [2.05, 4.69) is 18.8 Å². The maximum atomic E-state index is 10.8. The molecule has 0 radical (unpaired) electrons. The van der Waals surface area contributed by atoms with Crippen molar-refractivity contribution in [1.29, 1.82) is 0 Å². The van der Waals surface area contributed by atoms with E-state index < -0.39 is 0 Å². The highest BCUT2D eigenvalue weighted by atomic mass is 16.5. The van der Waals surface area contributed by atoms with Crippen molar-refractivity contribution in [2.75, 3.05) is 7.11 Å². The lowest BCUT2D eigenvalue weighted by molar-refractivity contribution is 0.112. The summed E-state index contributed by atoms with van der Waals surface area (Å²) in [5.41, 5.74) is 1.33. The summed E-state index contributed by atoms with van der Waals surface area (Å²) in [7, 11) is 1.56. The van der Waals surface area contributed by atoms with Gasteiger partial charge in [0.15, 0.2) is 6.29 Å². The number of rotatable bonds is 4. The standard InChI is InChI=1S/C14H16O2/c1-3-4-5-6-8-12-9-7-10-13(11-15)14(12)16-2/h7,9-11H,3-5H2,1-2H3. The van der Waals surface area contributed by atoms with Gasteiger partial charge in [0.25, 0.3) is 0 Å². The van der Waals surface area contributed by atoms with E-state index in [0.717, 1.165) is 31.1 Å². The second-order valence-corrected chi connectivity index (χ2v) is 3.45. The molecule has 0 fully saturated rings. The van der Waals surface area contributed by atoms with E-state index in [1.54, 1.807) is 13.2 Å². The summed E-state index contributed by atoms with van der Waals surface area (Å²) in [6, 6.07) is 5.41. The molecular formula is C14H16O2. The van der Waals surface area contributed by atoms with Crippen LogP contribution in [0.25, 0.3) is 0 Å². The van der Waals surface area contributed by atoms with E-state index in [0.29, 0.717) is 11.3 Å². The van der Waals surface area contributed by atoms with E-state index >= 15 is 0 Å². The second kappa shape index (κ2) is 6.68. The minimum atomic E-state index is 0.546. The van der Waals surface area contributed by atoms with E-state index in [9.17, 15) is 4.79 Å². The first-order chi connectivity index (χ1) is 7.83. The normalized spacial score (nSPS) is 9.12. The van der Waals surface area contributed by atoms with Crippen molar-refractivity contribution in [3.05, 3.63) is 29.3 Å². The Morgan fingerprint density at radius 1 is 1.44 bits per heavy atom. The molecule has 2 heteroatoms. The van der Waals surface area contributed by atoms with Crippen molar-refractivity contribution in [3.63, 3.8) is 0 Å². The fraction of sp³-hybridized carbons (Fsp3) is 0.357. The number of carbonyl (C=O) groups excluding carboxylic acids is 1. The van der Waals surface area contributed by atoms with Gasteiger partial charge in [-0.05, 0) is 18.6 Å². The number of hydrogen-bond acceptors (Lipinski definition) is 2. The number of methoxy groups -OCH3 is 1. The van der Waals surface area contributed by atoms with Gasteiger partial charge in [-0.25, -0.2) is 0 Å². The maximum absolute atomic E-state index is 10.8. The van der Waals surface area contributed by atoms with Gasteiger partial charge in [-0.2, -0.15) is 0 Å². The first kappa shape index (κ1) is 12.3. The van der Waals surface area contributed by atoms with Gasteiger partial charge < -0.3 is 4.74 Å². The minimum absolute atomic E-state index is 0.546. The third-order valence-electron chi connectivity index (χ3n) is 2.25. The fourth-order valence-electron chi connectivity index (χ4n) is 1.40. The molecule has 0 bridgehead atoms. The van der Waals surface area contributed by atoms with Crippen molar-refractivity contribution in [2.45, 2.75) is 26.2 Å². The smallest absolute Gasteiger partial charge is 0.153 e. The molecule has 0 saturated heterocycles. The van der Waals surface area contributed by atoms with E-state index in [4.69, 9.17) is 4.74 Å². The summed E-state index contributed by atoms with van der Waals surface area (Å²) in [4.78, 5) is 10.8. The monoisotopic (exact) mass is 216 g/mol. The third-order valence-corrected chi connectivity index (χ3v) is 2.25. The highest BCUT2D eigenvalue weighted by molar-refractivity contribution is 5.81. The van der Waals surface area contributed by atoms with Gasteiger partial charge in [0.05, 0.1) is 18.2 Å². The number of carbonyl (C=O) groups is 1. The van der Waals surface area contributed by atoms with Gasteiger partial charge in [-0.3, -0.25) is 4.79 Å². The zero-order valence-electron chi connectivity index (χ0n) is 9.75. The quantitative estimate of drug-likeness (QED) is 0.439. The molecule has 0 heterocycles. The Morgan fingerprint density at radius 3 is 2.88 bits per heavy atom. The average Bonchev–Trinajstić information content (AvgIpc) is 2.34. The summed E-state index contributed by atoms with van der Waals surface area (Å²) < 4.78 is 5.19. The molecule has 0 saturated carbocycles. The van der Waals surface area contributed by atoms with Crippen LogP contribution in [0.1, 0.15) is 42.1 Å². The largest absolute Gasteiger partial charge is 0.495 e. The van der Waals surface area contributed by atoms with Crippen LogP contribution in [0.3, 0.4) is 0 Å². The lowest BCUT2D eigenvalue weighted by Gasteiger charge is -2.05. The SMILES string of the molecule is CCCCC#Cc1cccc(C=O)c1OC. The molecular weight excluding hydrogens is 200 g/mol. The molecule has 0 aliphatic rings. The highest BCUT2D eigenvalue weighted by Gasteiger charge is 2.05. The van der Waals surface area contributed by atoms with Crippen molar-refractivity contribution in [3.8, 4) is 17.6 Å². The van der Waals surface area contributed by atoms with E-state index in [1.807, 2.05) is 12.1 Å². The summed E-state index contributed by atoms with van der Waals surface area (Å²) in [6.45, 7) is 2.13. The highest BCUT2D eigenvalue weighted by Crippen LogP contribution is 2.21. The lowest BCUT2D eigenvalue weighted by Crippen LogP contribution is -1.93. The van der Waals surface area contributed by atoms with Gasteiger partial charge in [-0.1, -0.05) is 31.3 Å². The second-order valence-electron chi connectivity index (χ2n) is 3.45. The first-order valence-corrected chi connectivity index (χ1v) is 5.44. The maximum Gasteiger partial charge on any atom is 0.153 e. The number of hydrogen-bond donors (Lipinski definition) is 0. The topological polar surface area (TPSA) is 26.3 Å². The molecule has 16 heavy (non-hydrogen) atoms. The van der Waals surface area contributed by atoms with Crippen molar-refractivity contribution in [1.82, 2.24) is 0 Å². The fourth-order valence-corrected chi connectivity index (χ4v) is 1.40. The number of para-hydroxylation sites is 1.